The first-order valence-corrected chi connectivity index (χ1v) is 9.51. The monoisotopic (exact) mass is 357 g/mol. The second-order valence-corrected chi connectivity index (χ2v) is 8.79. The minimum absolute atomic E-state index is 0.0441. The Balaban J connectivity index is 1.51. The van der Waals surface area contributed by atoms with Gasteiger partial charge in [-0.3, -0.25) is 10.1 Å². The van der Waals surface area contributed by atoms with Crippen molar-refractivity contribution in [3.8, 4) is 0 Å². The first-order valence-electron chi connectivity index (χ1n) is 8.25. The maximum atomic E-state index is 12.0. The largest absolute Gasteiger partial charge is 0.264 e. The molecule has 3 nitrogen and oxygen atoms in total. The molecule has 4 fully saturated rings. The van der Waals surface area contributed by atoms with Crippen molar-refractivity contribution < 1.29 is 4.92 Å². The lowest BCUT2D eigenvalue weighted by molar-refractivity contribution is -0.545. The fourth-order valence-electron chi connectivity index (χ4n) is 5.50. The van der Waals surface area contributed by atoms with Gasteiger partial charge in [0, 0.05) is 26.0 Å². The zero-order valence-electron chi connectivity index (χ0n) is 12.8. The van der Waals surface area contributed by atoms with Crippen LogP contribution in [0.25, 0.3) is 0 Å². The van der Waals surface area contributed by atoms with Gasteiger partial charge in [0.05, 0.1) is 11.8 Å². The van der Waals surface area contributed by atoms with Crippen LogP contribution < -0.4 is 0 Å². The molecule has 1 unspecified atom stereocenters. The topological polar surface area (TPSA) is 43.1 Å². The van der Waals surface area contributed by atoms with Gasteiger partial charge in [-0.05, 0) is 42.2 Å². The molecule has 0 aliphatic heterocycles. The summed E-state index contributed by atoms with van der Waals surface area (Å²) in [6.07, 6.45) is 0.996. The van der Waals surface area contributed by atoms with Gasteiger partial charge in [0.25, 0.3) is 0 Å². The van der Waals surface area contributed by atoms with E-state index in [1.807, 2.05) is 54.2 Å². The molecule has 0 saturated heterocycles. The van der Waals surface area contributed by atoms with Crippen molar-refractivity contribution in [1.82, 2.24) is 0 Å². The van der Waals surface area contributed by atoms with E-state index in [-0.39, 0.29) is 22.7 Å². The Labute approximate surface area is 149 Å². The SMILES string of the molecule is O=[N+]([O-])[C@]12C3[C@@H](Sc4ccc(Cl)cc4)[C@@H](C[C@@H]31)[C@H]2c1ccccc1. The van der Waals surface area contributed by atoms with Crippen molar-refractivity contribution in [2.24, 2.45) is 17.8 Å². The average Bonchev–Trinajstić information content (AvgIpc) is 2.85. The van der Waals surface area contributed by atoms with Crippen molar-refractivity contribution >= 4 is 23.4 Å². The van der Waals surface area contributed by atoms with Gasteiger partial charge in [0.1, 0.15) is 0 Å². The van der Waals surface area contributed by atoms with Crippen LogP contribution in [0.5, 0.6) is 0 Å². The lowest BCUT2D eigenvalue weighted by Gasteiger charge is -2.20. The van der Waals surface area contributed by atoms with E-state index >= 15 is 0 Å². The van der Waals surface area contributed by atoms with E-state index < -0.39 is 5.54 Å². The molecule has 2 aromatic carbocycles. The number of halogens is 1. The van der Waals surface area contributed by atoms with Crippen molar-refractivity contribution in [2.75, 3.05) is 0 Å². The summed E-state index contributed by atoms with van der Waals surface area (Å²) in [5.74, 6) is 0.929. The predicted octanol–water partition coefficient (Wildman–Crippen LogP) is 4.88. The lowest BCUT2D eigenvalue weighted by Crippen LogP contribution is -2.29. The van der Waals surface area contributed by atoms with Crippen LogP contribution in [0.4, 0.5) is 0 Å². The third-order valence-electron chi connectivity index (χ3n) is 6.24. The molecular formula is C19H16ClNO2S. The van der Waals surface area contributed by atoms with Crippen molar-refractivity contribution in [3.63, 3.8) is 0 Å². The number of benzene rings is 2. The minimum atomic E-state index is -0.712. The van der Waals surface area contributed by atoms with Gasteiger partial charge in [-0.1, -0.05) is 41.9 Å². The zero-order valence-corrected chi connectivity index (χ0v) is 14.4. The maximum absolute atomic E-state index is 12.0. The van der Waals surface area contributed by atoms with Crippen LogP contribution in [0.3, 0.4) is 0 Å². The number of nitro groups is 1. The highest BCUT2D eigenvalue weighted by Gasteiger charge is 2.92. The molecule has 5 heteroatoms. The van der Waals surface area contributed by atoms with Gasteiger partial charge in [0.15, 0.2) is 0 Å². The molecule has 0 aromatic heterocycles. The second-order valence-electron chi connectivity index (χ2n) is 7.10. The summed E-state index contributed by atoms with van der Waals surface area (Å²) in [5.41, 5.74) is 0.430. The highest BCUT2D eigenvalue weighted by molar-refractivity contribution is 8.00. The van der Waals surface area contributed by atoms with Gasteiger partial charge in [-0.2, -0.15) is 0 Å². The summed E-state index contributed by atoms with van der Waals surface area (Å²) in [6, 6.07) is 17.9. The Hall–Kier alpha value is -1.52. The van der Waals surface area contributed by atoms with Crippen LogP contribution in [0, 0.1) is 27.9 Å². The molecule has 4 bridgehead atoms. The Bertz CT molecular complexity index is 812. The highest BCUT2D eigenvalue weighted by atomic mass is 35.5. The Kier molecular flexibility index (Phi) is 3.08. The Morgan fingerprint density at radius 1 is 1.12 bits per heavy atom. The van der Waals surface area contributed by atoms with Crippen molar-refractivity contribution in [1.29, 1.82) is 0 Å². The molecular weight excluding hydrogens is 342 g/mol. The van der Waals surface area contributed by atoms with Crippen LogP contribution in [0.15, 0.2) is 59.5 Å². The maximum Gasteiger partial charge on any atom is 0.237 e. The summed E-state index contributed by atoms with van der Waals surface area (Å²) in [4.78, 5) is 13.2. The van der Waals surface area contributed by atoms with Crippen LogP contribution in [-0.4, -0.2) is 15.7 Å². The van der Waals surface area contributed by atoms with Crippen molar-refractivity contribution in [3.05, 3.63) is 75.3 Å². The van der Waals surface area contributed by atoms with E-state index in [1.54, 1.807) is 0 Å². The molecule has 0 spiro atoms. The van der Waals surface area contributed by atoms with E-state index in [0.717, 1.165) is 21.9 Å². The van der Waals surface area contributed by atoms with Crippen molar-refractivity contribution in [2.45, 2.75) is 28.0 Å². The van der Waals surface area contributed by atoms with E-state index in [9.17, 15) is 10.1 Å². The van der Waals surface area contributed by atoms with Crippen LogP contribution in [0.2, 0.25) is 5.02 Å². The number of nitrogens with zero attached hydrogens (tertiary/aromatic N) is 1. The van der Waals surface area contributed by atoms with Gasteiger partial charge in [-0.15, -0.1) is 11.8 Å². The van der Waals surface area contributed by atoms with Gasteiger partial charge >= 0.3 is 0 Å². The number of thioether (sulfide) groups is 1. The Morgan fingerprint density at radius 3 is 2.50 bits per heavy atom. The zero-order chi connectivity index (χ0) is 16.5. The molecule has 4 aliphatic carbocycles. The summed E-state index contributed by atoms with van der Waals surface area (Å²) >= 11 is 7.78. The molecule has 6 rings (SSSR count). The normalized spacial score (nSPS) is 38.3. The van der Waals surface area contributed by atoms with Crippen LogP contribution in [-0.2, 0) is 0 Å². The van der Waals surface area contributed by atoms with E-state index in [1.165, 1.54) is 0 Å². The molecule has 4 aliphatic rings. The summed E-state index contributed by atoms with van der Waals surface area (Å²) < 4.78 is 0. The molecule has 0 amide bonds. The molecule has 122 valence electrons. The fourth-order valence-corrected chi connectivity index (χ4v) is 7.23. The predicted molar refractivity (Wildman–Crippen MR) is 95.1 cm³/mol. The van der Waals surface area contributed by atoms with E-state index in [0.29, 0.717) is 11.2 Å². The Morgan fingerprint density at radius 2 is 1.83 bits per heavy atom. The van der Waals surface area contributed by atoms with Gasteiger partial charge < -0.3 is 0 Å². The molecule has 0 heterocycles. The summed E-state index contributed by atoms with van der Waals surface area (Å²) in [7, 11) is 0. The molecule has 24 heavy (non-hydrogen) atoms. The smallest absolute Gasteiger partial charge is 0.237 e. The molecule has 4 saturated carbocycles. The average molecular weight is 358 g/mol. The van der Waals surface area contributed by atoms with E-state index in [2.05, 4.69) is 12.1 Å². The highest BCUT2D eigenvalue weighted by Crippen LogP contribution is 2.82. The van der Waals surface area contributed by atoms with E-state index in [4.69, 9.17) is 11.6 Å². The standard InChI is InChI=1S/C19H16ClNO2S/c20-12-6-8-13(9-7-12)24-18-14-10-15-17(18)19(15,21(22)23)16(14)11-4-2-1-3-5-11/h1-9,14-18H,10H2/t14-,15-,16+,17?,18-,19+/m0/s1. The number of rotatable bonds is 4. The lowest BCUT2D eigenvalue weighted by atomic mass is 9.87. The third kappa shape index (κ3) is 1.76. The van der Waals surface area contributed by atoms with Gasteiger partial charge in [0.2, 0.25) is 5.54 Å². The third-order valence-corrected chi connectivity index (χ3v) is 7.95. The molecule has 2 aromatic rings. The first kappa shape index (κ1) is 14.8. The number of hydrogen-bond acceptors (Lipinski definition) is 3. The first-order chi connectivity index (χ1) is 11.6. The molecule has 0 radical (unpaired) electrons. The van der Waals surface area contributed by atoms with Crippen LogP contribution in [0.1, 0.15) is 17.9 Å². The minimum Gasteiger partial charge on any atom is -0.264 e. The van der Waals surface area contributed by atoms with Gasteiger partial charge in [-0.25, -0.2) is 0 Å². The molecule has 0 N–H and O–H groups in total. The second kappa shape index (κ2) is 4.99. The van der Waals surface area contributed by atoms with Crippen LogP contribution >= 0.6 is 23.4 Å². The number of hydrogen-bond donors (Lipinski definition) is 0. The quantitative estimate of drug-likeness (QED) is 0.578. The summed E-state index contributed by atoms with van der Waals surface area (Å²) in [5, 5.41) is 13.1. The fraction of sp³-hybridized carbons (Fsp3) is 0.368. The summed E-state index contributed by atoms with van der Waals surface area (Å²) in [6.45, 7) is 0. The molecule has 6 atom stereocenters.